The lowest BCUT2D eigenvalue weighted by molar-refractivity contribution is 0.561. The Balaban J connectivity index is 1.84. The maximum atomic E-state index is 9.19. The van der Waals surface area contributed by atoms with Crippen molar-refractivity contribution in [1.29, 1.82) is 5.26 Å². The summed E-state index contributed by atoms with van der Waals surface area (Å²) in [4.78, 5) is 0. The number of hydrogen-bond acceptors (Lipinski definition) is 3. The molecule has 2 aromatic rings. The van der Waals surface area contributed by atoms with Crippen molar-refractivity contribution in [3.63, 3.8) is 0 Å². The summed E-state index contributed by atoms with van der Waals surface area (Å²) in [6.07, 6.45) is 7.34. The van der Waals surface area contributed by atoms with E-state index < -0.39 is 0 Å². The van der Waals surface area contributed by atoms with Crippen LogP contribution in [0.5, 0.6) is 0 Å². The van der Waals surface area contributed by atoms with Crippen LogP contribution in [-0.2, 0) is 20.0 Å². The maximum Gasteiger partial charge on any atom is 0.165 e. The van der Waals surface area contributed by atoms with Crippen LogP contribution in [-0.4, -0.2) is 19.6 Å². The Morgan fingerprint density at radius 3 is 2.68 bits per heavy atom. The lowest BCUT2D eigenvalue weighted by Crippen LogP contribution is -2.00. The molecule has 0 spiro atoms. The Bertz CT molecular complexity index is 639. The second kappa shape index (κ2) is 4.54. The minimum absolute atomic E-state index is 0.545. The molecule has 1 fully saturated rings. The van der Waals surface area contributed by atoms with Crippen LogP contribution in [0.3, 0.4) is 0 Å². The Labute approximate surface area is 112 Å². The highest BCUT2D eigenvalue weighted by atomic mass is 15.3. The number of hydrogen-bond donors (Lipinski definition) is 0. The van der Waals surface area contributed by atoms with E-state index in [0.29, 0.717) is 5.69 Å². The van der Waals surface area contributed by atoms with Gasteiger partial charge in [-0.1, -0.05) is 0 Å². The highest BCUT2D eigenvalue weighted by Crippen LogP contribution is 2.30. The van der Waals surface area contributed by atoms with Crippen molar-refractivity contribution in [2.75, 3.05) is 0 Å². The third-order valence-electron chi connectivity index (χ3n) is 3.58. The molecule has 3 rings (SSSR count). The van der Waals surface area contributed by atoms with E-state index in [2.05, 4.69) is 16.3 Å². The summed E-state index contributed by atoms with van der Waals surface area (Å²) in [5.41, 5.74) is 3.72. The molecule has 0 atom stereocenters. The van der Waals surface area contributed by atoms with Gasteiger partial charge in [0, 0.05) is 38.0 Å². The Morgan fingerprint density at radius 2 is 2.11 bits per heavy atom. The summed E-state index contributed by atoms with van der Waals surface area (Å²) >= 11 is 0. The second-order valence-electron chi connectivity index (χ2n) is 5.37. The fourth-order valence-electron chi connectivity index (χ4n) is 2.37. The number of nitriles is 1. The molecule has 0 amide bonds. The van der Waals surface area contributed by atoms with Gasteiger partial charge in [0.05, 0.1) is 5.69 Å². The molecule has 0 N–H and O–H groups in total. The summed E-state index contributed by atoms with van der Waals surface area (Å²) < 4.78 is 3.74. The molecule has 0 unspecified atom stereocenters. The average molecular weight is 255 g/mol. The van der Waals surface area contributed by atoms with Crippen molar-refractivity contribution >= 4 is 0 Å². The zero-order valence-corrected chi connectivity index (χ0v) is 11.3. The highest BCUT2D eigenvalue weighted by Gasteiger charge is 2.23. The van der Waals surface area contributed by atoms with Gasteiger partial charge in [0.1, 0.15) is 6.07 Å². The first kappa shape index (κ1) is 12.0. The number of aromatic nitrogens is 4. The highest BCUT2D eigenvalue weighted by molar-refractivity contribution is 5.34. The molecule has 1 saturated carbocycles. The topological polar surface area (TPSA) is 59.4 Å². The van der Waals surface area contributed by atoms with Gasteiger partial charge in [0.15, 0.2) is 5.69 Å². The smallest absolute Gasteiger partial charge is 0.165 e. The van der Waals surface area contributed by atoms with Crippen molar-refractivity contribution in [2.45, 2.75) is 32.7 Å². The molecule has 0 aromatic carbocycles. The lowest BCUT2D eigenvalue weighted by atomic mass is 10.1. The minimum atomic E-state index is 0.545. The van der Waals surface area contributed by atoms with Gasteiger partial charge in [-0.2, -0.15) is 15.5 Å². The molecule has 5 nitrogen and oxygen atoms in total. The molecular formula is C14H17N5. The standard InChI is InChI=1S/C14H17N5/c1-10-12(8-18(2)16-10)5-13-9-19(7-11-3-4-11)17-14(13)6-15/h8-9,11H,3-5,7H2,1-2H3. The van der Waals surface area contributed by atoms with E-state index in [1.807, 2.05) is 35.7 Å². The van der Waals surface area contributed by atoms with Crippen LogP contribution in [0.15, 0.2) is 12.4 Å². The second-order valence-corrected chi connectivity index (χ2v) is 5.37. The molecule has 1 aliphatic rings. The minimum Gasteiger partial charge on any atom is -0.275 e. The molecule has 0 saturated heterocycles. The van der Waals surface area contributed by atoms with Gasteiger partial charge in [-0.15, -0.1) is 0 Å². The largest absolute Gasteiger partial charge is 0.275 e. The van der Waals surface area contributed by atoms with Crippen LogP contribution in [0.25, 0.3) is 0 Å². The summed E-state index contributed by atoms with van der Waals surface area (Å²) in [5.74, 6) is 0.763. The molecular weight excluding hydrogens is 238 g/mol. The van der Waals surface area contributed by atoms with Crippen LogP contribution in [0, 0.1) is 24.2 Å². The Hall–Kier alpha value is -2.09. The Kier molecular flexibility index (Phi) is 2.86. The van der Waals surface area contributed by atoms with Crippen molar-refractivity contribution in [3.8, 4) is 6.07 Å². The predicted molar refractivity (Wildman–Crippen MR) is 70.4 cm³/mol. The number of nitrogens with zero attached hydrogens (tertiary/aromatic N) is 5. The van der Waals surface area contributed by atoms with E-state index >= 15 is 0 Å². The first-order valence-electron chi connectivity index (χ1n) is 6.61. The SMILES string of the molecule is Cc1nn(C)cc1Cc1cn(CC2CC2)nc1C#N. The van der Waals surface area contributed by atoms with Crippen LogP contribution < -0.4 is 0 Å². The van der Waals surface area contributed by atoms with E-state index in [1.54, 1.807) is 0 Å². The van der Waals surface area contributed by atoms with Crippen LogP contribution in [0.2, 0.25) is 0 Å². The van der Waals surface area contributed by atoms with Crippen molar-refractivity contribution in [2.24, 2.45) is 13.0 Å². The normalized spacial score (nSPS) is 14.6. The van der Waals surface area contributed by atoms with Gasteiger partial charge in [-0.3, -0.25) is 9.36 Å². The maximum absolute atomic E-state index is 9.19. The first-order chi connectivity index (χ1) is 9.15. The molecule has 0 bridgehead atoms. The lowest BCUT2D eigenvalue weighted by Gasteiger charge is -1.97. The average Bonchev–Trinajstić information content (AvgIpc) is 3.00. The molecule has 0 aliphatic heterocycles. The quantitative estimate of drug-likeness (QED) is 0.837. The van der Waals surface area contributed by atoms with E-state index in [9.17, 15) is 5.26 Å². The zero-order valence-electron chi connectivity index (χ0n) is 11.3. The van der Waals surface area contributed by atoms with Crippen LogP contribution in [0.4, 0.5) is 0 Å². The predicted octanol–water partition coefficient (Wildman–Crippen LogP) is 1.80. The van der Waals surface area contributed by atoms with Gasteiger partial charge >= 0.3 is 0 Å². The van der Waals surface area contributed by atoms with Crippen LogP contribution >= 0.6 is 0 Å². The Morgan fingerprint density at radius 1 is 1.32 bits per heavy atom. The van der Waals surface area contributed by atoms with Gasteiger partial charge in [-0.25, -0.2) is 0 Å². The fourth-order valence-corrected chi connectivity index (χ4v) is 2.37. The van der Waals surface area contributed by atoms with E-state index in [4.69, 9.17) is 0 Å². The van der Waals surface area contributed by atoms with Crippen molar-refractivity contribution < 1.29 is 0 Å². The third kappa shape index (κ3) is 2.53. The summed E-state index contributed by atoms with van der Waals surface area (Å²) in [6.45, 7) is 2.94. The third-order valence-corrected chi connectivity index (χ3v) is 3.58. The van der Waals surface area contributed by atoms with Crippen LogP contribution in [0.1, 0.15) is 35.4 Å². The van der Waals surface area contributed by atoms with E-state index in [-0.39, 0.29) is 0 Å². The molecule has 98 valence electrons. The molecule has 2 aromatic heterocycles. The number of rotatable bonds is 4. The van der Waals surface area contributed by atoms with Gasteiger partial charge in [0.25, 0.3) is 0 Å². The summed E-state index contributed by atoms with van der Waals surface area (Å²) in [6, 6.07) is 2.20. The van der Waals surface area contributed by atoms with Gasteiger partial charge in [0.2, 0.25) is 0 Å². The van der Waals surface area contributed by atoms with Crippen molar-refractivity contribution in [3.05, 3.63) is 34.9 Å². The molecule has 19 heavy (non-hydrogen) atoms. The zero-order chi connectivity index (χ0) is 13.4. The van der Waals surface area contributed by atoms with E-state index in [0.717, 1.165) is 35.7 Å². The fraction of sp³-hybridized carbons (Fsp3) is 0.500. The molecule has 1 aliphatic carbocycles. The van der Waals surface area contributed by atoms with Gasteiger partial charge in [-0.05, 0) is 31.2 Å². The first-order valence-corrected chi connectivity index (χ1v) is 6.61. The molecule has 2 heterocycles. The molecule has 5 heteroatoms. The summed E-state index contributed by atoms with van der Waals surface area (Å²) in [7, 11) is 1.91. The summed E-state index contributed by atoms with van der Waals surface area (Å²) in [5, 5.41) is 17.9. The number of aryl methyl sites for hydroxylation is 2. The molecule has 0 radical (unpaired) electrons. The van der Waals surface area contributed by atoms with Crippen molar-refractivity contribution in [1.82, 2.24) is 19.6 Å². The van der Waals surface area contributed by atoms with Gasteiger partial charge < -0.3 is 0 Å². The monoisotopic (exact) mass is 255 g/mol. The van der Waals surface area contributed by atoms with E-state index in [1.165, 1.54) is 12.8 Å².